The van der Waals surface area contributed by atoms with Crippen molar-refractivity contribution < 1.29 is 4.74 Å². The monoisotopic (exact) mass is 350 g/mol. The molecule has 0 unspecified atom stereocenters. The van der Waals surface area contributed by atoms with Crippen LogP contribution in [0.1, 0.15) is 104 Å². The summed E-state index contributed by atoms with van der Waals surface area (Å²) in [5, 5.41) is 0. The molecule has 0 aromatic heterocycles. The third-order valence-electron chi connectivity index (χ3n) is 4.70. The lowest BCUT2D eigenvalue weighted by Gasteiger charge is -2.37. The molecule has 0 bridgehead atoms. The van der Waals surface area contributed by atoms with Crippen LogP contribution in [0.2, 0.25) is 0 Å². The molecule has 1 aliphatic rings. The highest BCUT2D eigenvalue weighted by Gasteiger charge is 2.37. The Morgan fingerprint density at radius 1 is 0.727 bits per heavy atom. The van der Waals surface area contributed by atoms with E-state index < -0.39 is 4.33 Å². The first-order chi connectivity index (χ1) is 10.6. The Morgan fingerprint density at radius 2 is 1.14 bits per heavy atom. The van der Waals surface area contributed by atoms with Gasteiger partial charge in [-0.25, -0.2) is 0 Å². The standard InChI is InChI=1S/C19H36Cl2O/c1-3-5-7-9-11-13-17-15-19(20,21)16-18(22-17)14-12-10-8-6-4-2/h17-18H,3-16H2,1-2H3/t17-,18+. The predicted molar refractivity (Wildman–Crippen MR) is 99.1 cm³/mol. The Labute approximate surface area is 148 Å². The molecule has 22 heavy (non-hydrogen) atoms. The zero-order valence-corrected chi connectivity index (χ0v) is 16.2. The molecule has 0 saturated carbocycles. The first-order valence-electron chi connectivity index (χ1n) is 9.60. The van der Waals surface area contributed by atoms with Crippen LogP contribution in [-0.2, 0) is 4.74 Å². The maximum atomic E-state index is 6.47. The van der Waals surface area contributed by atoms with Crippen molar-refractivity contribution in [2.75, 3.05) is 0 Å². The minimum Gasteiger partial charge on any atom is -0.375 e. The van der Waals surface area contributed by atoms with Crippen molar-refractivity contribution >= 4 is 23.2 Å². The number of unbranched alkanes of at least 4 members (excludes halogenated alkanes) is 8. The Morgan fingerprint density at radius 3 is 1.55 bits per heavy atom. The van der Waals surface area contributed by atoms with Gasteiger partial charge in [0.05, 0.1) is 12.2 Å². The van der Waals surface area contributed by atoms with Crippen molar-refractivity contribution in [2.24, 2.45) is 0 Å². The number of halogens is 2. The van der Waals surface area contributed by atoms with E-state index in [1.807, 2.05) is 0 Å². The quantitative estimate of drug-likeness (QED) is 0.262. The highest BCUT2D eigenvalue weighted by Crippen LogP contribution is 2.40. The summed E-state index contributed by atoms with van der Waals surface area (Å²) in [6, 6.07) is 0. The van der Waals surface area contributed by atoms with E-state index in [9.17, 15) is 0 Å². The lowest BCUT2D eigenvalue weighted by atomic mass is 9.95. The highest BCUT2D eigenvalue weighted by atomic mass is 35.5. The first kappa shape index (κ1) is 20.6. The van der Waals surface area contributed by atoms with E-state index >= 15 is 0 Å². The third-order valence-corrected chi connectivity index (χ3v) is 5.31. The molecule has 3 heteroatoms. The number of hydrogen-bond acceptors (Lipinski definition) is 1. The molecular weight excluding hydrogens is 315 g/mol. The smallest absolute Gasteiger partial charge is 0.123 e. The average molecular weight is 351 g/mol. The molecule has 1 saturated heterocycles. The molecule has 0 radical (unpaired) electrons. The maximum absolute atomic E-state index is 6.47. The fraction of sp³-hybridized carbons (Fsp3) is 1.00. The van der Waals surface area contributed by atoms with Gasteiger partial charge in [0, 0.05) is 12.8 Å². The van der Waals surface area contributed by atoms with Crippen molar-refractivity contribution in [3.05, 3.63) is 0 Å². The van der Waals surface area contributed by atoms with Crippen LogP contribution in [0, 0.1) is 0 Å². The largest absolute Gasteiger partial charge is 0.375 e. The minimum absolute atomic E-state index is 0.269. The molecule has 1 aliphatic heterocycles. The molecule has 0 aromatic carbocycles. The van der Waals surface area contributed by atoms with Gasteiger partial charge in [-0.2, -0.15) is 0 Å². The number of alkyl halides is 2. The molecular formula is C19H36Cl2O. The summed E-state index contributed by atoms with van der Waals surface area (Å²) in [6.45, 7) is 4.51. The van der Waals surface area contributed by atoms with Gasteiger partial charge in [0.15, 0.2) is 0 Å². The van der Waals surface area contributed by atoms with Gasteiger partial charge < -0.3 is 4.74 Å². The van der Waals surface area contributed by atoms with Crippen molar-refractivity contribution in [1.29, 1.82) is 0 Å². The van der Waals surface area contributed by atoms with Crippen molar-refractivity contribution in [3.63, 3.8) is 0 Å². The molecule has 1 heterocycles. The predicted octanol–water partition coefficient (Wildman–Crippen LogP) is 7.43. The van der Waals surface area contributed by atoms with E-state index in [4.69, 9.17) is 27.9 Å². The van der Waals surface area contributed by atoms with Crippen LogP contribution in [0.3, 0.4) is 0 Å². The van der Waals surface area contributed by atoms with Gasteiger partial charge in [-0.1, -0.05) is 78.1 Å². The zero-order chi connectivity index (χ0) is 16.3. The highest BCUT2D eigenvalue weighted by molar-refractivity contribution is 6.48. The lowest BCUT2D eigenvalue weighted by Crippen LogP contribution is -2.38. The molecule has 0 spiro atoms. The van der Waals surface area contributed by atoms with Crippen LogP contribution in [0.25, 0.3) is 0 Å². The van der Waals surface area contributed by atoms with Crippen LogP contribution in [0.15, 0.2) is 0 Å². The Bertz CT molecular complexity index is 244. The molecule has 0 aliphatic carbocycles. The summed E-state index contributed by atoms with van der Waals surface area (Å²) < 4.78 is 5.70. The van der Waals surface area contributed by atoms with Gasteiger partial charge in [-0.3, -0.25) is 0 Å². The second kappa shape index (κ2) is 12.0. The summed E-state index contributed by atoms with van der Waals surface area (Å²) >= 11 is 12.9. The topological polar surface area (TPSA) is 9.23 Å². The number of ether oxygens (including phenoxy) is 1. The van der Waals surface area contributed by atoms with Crippen LogP contribution < -0.4 is 0 Å². The summed E-state index contributed by atoms with van der Waals surface area (Å²) in [5.41, 5.74) is 0. The second-order valence-electron chi connectivity index (χ2n) is 7.05. The fourth-order valence-corrected chi connectivity index (χ4v) is 4.10. The Hall–Kier alpha value is 0.540. The summed E-state index contributed by atoms with van der Waals surface area (Å²) in [6.07, 6.45) is 17.5. The Kier molecular flexibility index (Phi) is 11.2. The molecule has 0 aromatic rings. The van der Waals surface area contributed by atoms with E-state index in [1.165, 1.54) is 64.2 Å². The van der Waals surface area contributed by atoms with Gasteiger partial charge in [0.25, 0.3) is 0 Å². The Balaban J connectivity index is 2.22. The van der Waals surface area contributed by atoms with Crippen LogP contribution in [-0.4, -0.2) is 16.5 Å². The second-order valence-corrected chi connectivity index (χ2v) is 8.69. The third kappa shape index (κ3) is 9.63. The zero-order valence-electron chi connectivity index (χ0n) is 14.7. The first-order valence-corrected chi connectivity index (χ1v) is 10.4. The molecule has 132 valence electrons. The molecule has 0 N–H and O–H groups in total. The van der Waals surface area contributed by atoms with Crippen molar-refractivity contribution in [2.45, 2.75) is 120 Å². The van der Waals surface area contributed by atoms with Gasteiger partial charge in [0.1, 0.15) is 4.33 Å². The van der Waals surface area contributed by atoms with E-state index in [0.29, 0.717) is 0 Å². The SMILES string of the molecule is CCCCCCC[C@@H]1CC(Cl)(Cl)C[C@H](CCCCCCC)O1. The molecule has 1 fully saturated rings. The van der Waals surface area contributed by atoms with Crippen molar-refractivity contribution in [3.8, 4) is 0 Å². The van der Waals surface area contributed by atoms with Crippen LogP contribution in [0.5, 0.6) is 0 Å². The van der Waals surface area contributed by atoms with Gasteiger partial charge in [-0.15, -0.1) is 23.2 Å². The van der Waals surface area contributed by atoms with Gasteiger partial charge >= 0.3 is 0 Å². The van der Waals surface area contributed by atoms with E-state index in [1.54, 1.807) is 0 Å². The fourth-order valence-electron chi connectivity index (χ4n) is 3.41. The van der Waals surface area contributed by atoms with Gasteiger partial charge in [-0.05, 0) is 12.8 Å². The summed E-state index contributed by atoms with van der Waals surface area (Å²) in [5.74, 6) is 0. The lowest BCUT2D eigenvalue weighted by molar-refractivity contribution is -0.0612. The van der Waals surface area contributed by atoms with Gasteiger partial charge in [0.2, 0.25) is 0 Å². The summed E-state index contributed by atoms with van der Waals surface area (Å²) in [4.78, 5) is 0. The van der Waals surface area contributed by atoms with E-state index in [-0.39, 0.29) is 12.2 Å². The van der Waals surface area contributed by atoms with E-state index in [0.717, 1.165) is 25.7 Å². The molecule has 1 nitrogen and oxygen atoms in total. The number of hydrogen-bond donors (Lipinski definition) is 0. The molecule has 0 amide bonds. The number of rotatable bonds is 12. The van der Waals surface area contributed by atoms with E-state index in [2.05, 4.69) is 13.8 Å². The van der Waals surface area contributed by atoms with Crippen LogP contribution >= 0.6 is 23.2 Å². The van der Waals surface area contributed by atoms with Crippen molar-refractivity contribution in [1.82, 2.24) is 0 Å². The minimum atomic E-state index is -0.569. The maximum Gasteiger partial charge on any atom is 0.123 e. The normalized spacial score (nSPS) is 24.5. The average Bonchev–Trinajstić information content (AvgIpc) is 2.45. The summed E-state index contributed by atoms with van der Waals surface area (Å²) in [7, 11) is 0. The molecule has 2 atom stereocenters. The molecule has 1 rings (SSSR count). The van der Waals surface area contributed by atoms with Crippen LogP contribution in [0.4, 0.5) is 0 Å².